The Kier molecular flexibility index (Phi) is 3.02. The predicted octanol–water partition coefficient (Wildman–Crippen LogP) is 5.49. The minimum absolute atomic E-state index is 0.388. The van der Waals surface area contributed by atoms with Crippen LogP contribution >= 0.6 is 23.2 Å². The lowest BCUT2D eigenvalue weighted by atomic mass is 10.1. The molecule has 0 saturated heterocycles. The van der Waals surface area contributed by atoms with Gasteiger partial charge in [0.2, 0.25) is 0 Å². The fourth-order valence-corrected chi connectivity index (χ4v) is 2.48. The van der Waals surface area contributed by atoms with E-state index in [-0.39, 0.29) is 0 Å². The Labute approximate surface area is 115 Å². The van der Waals surface area contributed by atoms with Crippen LogP contribution in [0.15, 0.2) is 52.9 Å². The quantitative estimate of drug-likeness (QED) is 0.564. The van der Waals surface area contributed by atoms with E-state index < -0.39 is 0 Å². The van der Waals surface area contributed by atoms with Crippen molar-refractivity contribution in [1.29, 1.82) is 0 Å². The predicted molar refractivity (Wildman–Crippen MR) is 76.2 cm³/mol. The molecule has 0 radical (unpaired) electrons. The van der Waals surface area contributed by atoms with Crippen molar-refractivity contribution >= 4 is 34.2 Å². The van der Waals surface area contributed by atoms with Gasteiger partial charge in [0.1, 0.15) is 11.3 Å². The largest absolute Gasteiger partial charge is 0.456 e. The van der Waals surface area contributed by atoms with E-state index in [4.69, 9.17) is 27.6 Å². The highest BCUT2D eigenvalue weighted by atomic mass is 35.5. The monoisotopic (exact) mass is 276 g/mol. The summed E-state index contributed by atoms with van der Waals surface area (Å²) in [6, 6.07) is 15.7. The Morgan fingerprint density at radius 2 is 1.78 bits per heavy atom. The summed E-state index contributed by atoms with van der Waals surface area (Å²) in [5.41, 5.74) is 2.78. The number of halogens is 2. The maximum atomic E-state index is 6.06. The van der Waals surface area contributed by atoms with E-state index in [2.05, 4.69) is 0 Å². The zero-order valence-corrected chi connectivity index (χ0v) is 11.0. The average molecular weight is 277 g/mol. The van der Waals surface area contributed by atoms with Crippen molar-refractivity contribution in [2.24, 2.45) is 0 Å². The molecule has 0 amide bonds. The molecule has 18 heavy (non-hydrogen) atoms. The Morgan fingerprint density at radius 3 is 2.50 bits per heavy atom. The van der Waals surface area contributed by atoms with Gasteiger partial charge in [0, 0.05) is 21.5 Å². The summed E-state index contributed by atoms with van der Waals surface area (Å²) in [6.07, 6.45) is 0. The summed E-state index contributed by atoms with van der Waals surface area (Å²) in [6.45, 7) is 0. The van der Waals surface area contributed by atoms with Crippen LogP contribution < -0.4 is 0 Å². The molecule has 0 aliphatic carbocycles. The molecular formula is C15H10Cl2O. The number of fused-ring (bicyclic) bond motifs is 1. The minimum Gasteiger partial charge on any atom is -0.456 e. The topological polar surface area (TPSA) is 13.1 Å². The number of furan rings is 1. The number of rotatable bonds is 2. The van der Waals surface area contributed by atoms with Crippen LogP contribution in [0.25, 0.3) is 22.3 Å². The summed E-state index contributed by atoms with van der Waals surface area (Å²) in [7, 11) is 0. The zero-order chi connectivity index (χ0) is 12.5. The third kappa shape index (κ3) is 2.00. The molecule has 3 heteroatoms. The maximum absolute atomic E-state index is 6.06. The molecule has 0 spiro atoms. The summed E-state index contributed by atoms with van der Waals surface area (Å²) in [5, 5.41) is 1.66. The third-order valence-electron chi connectivity index (χ3n) is 2.86. The molecule has 0 N–H and O–H groups in total. The van der Waals surface area contributed by atoms with Crippen molar-refractivity contribution in [2.75, 3.05) is 0 Å². The second kappa shape index (κ2) is 4.68. The molecule has 0 unspecified atom stereocenters. The molecule has 0 aliphatic heterocycles. The van der Waals surface area contributed by atoms with Crippen molar-refractivity contribution in [3.8, 4) is 11.3 Å². The summed E-state index contributed by atoms with van der Waals surface area (Å²) < 4.78 is 5.89. The Bertz CT molecular complexity index is 686. The highest BCUT2D eigenvalue weighted by Gasteiger charge is 2.10. The standard InChI is InChI=1S/C15H10Cl2O/c16-9-12-7-13(17)6-11-8-14(18-15(11)12)10-4-2-1-3-5-10/h1-8H,9H2. The van der Waals surface area contributed by atoms with Crippen molar-refractivity contribution < 1.29 is 4.42 Å². The van der Waals surface area contributed by atoms with Crippen molar-refractivity contribution in [2.45, 2.75) is 5.88 Å². The molecule has 3 aromatic rings. The van der Waals surface area contributed by atoms with Crippen LogP contribution in [0, 0.1) is 0 Å². The van der Waals surface area contributed by atoms with Crippen LogP contribution in [0.2, 0.25) is 5.02 Å². The van der Waals surface area contributed by atoms with Gasteiger partial charge in [0.15, 0.2) is 0 Å². The lowest BCUT2D eigenvalue weighted by Crippen LogP contribution is -1.78. The van der Waals surface area contributed by atoms with Gasteiger partial charge in [0.25, 0.3) is 0 Å². The average Bonchev–Trinajstić information content (AvgIpc) is 2.82. The fourth-order valence-electron chi connectivity index (χ4n) is 2.03. The van der Waals surface area contributed by atoms with Gasteiger partial charge in [-0.25, -0.2) is 0 Å². The van der Waals surface area contributed by atoms with Gasteiger partial charge in [-0.2, -0.15) is 0 Å². The molecule has 0 saturated carbocycles. The van der Waals surface area contributed by atoms with Gasteiger partial charge >= 0.3 is 0 Å². The Balaban J connectivity index is 2.23. The molecule has 2 aromatic carbocycles. The molecule has 1 aromatic heterocycles. The molecule has 0 aliphatic rings. The normalized spacial score (nSPS) is 11.0. The summed E-state index contributed by atoms with van der Waals surface area (Å²) >= 11 is 12.0. The first-order chi connectivity index (χ1) is 8.78. The van der Waals surface area contributed by atoms with E-state index in [0.717, 1.165) is 27.9 Å². The van der Waals surface area contributed by atoms with Crippen LogP contribution in [0.3, 0.4) is 0 Å². The van der Waals surface area contributed by atoms with Crippen molar-refractivity contribution in [3.05, 3.63) is 59.1 Å². The van der Waals surface area contributed by atoms with E-state index in [0.29, 0.717) is 10.9 Å². The molecule has 90 valence electrons. The molecule has 0 bridgehead atoms. The summed E-state index contributed by atoms with van der Waals surface area (Å²) in [4.78, 5) is 0. The first-order valence-electron chi connectivity index (χ1n) is 5.61. The van der Waals surface area contributed by atoms with Gasteiger partial charge in [-0.05, 0) is 18.2 Å². The second-order valence-corrected chi connectivity index (χ2v) is 4.80. The zero-order valence-electron chi connectivity index (χ0n) is 9.49. The molecule has 0 atom stereocenters. The van der Waals surface area contributed by atoms with Gasteiger partial charge in [-0.1, -0.05) is 41.9 Å². The SMILES string of the molecule is ClCc1cc(Cl)cc2cc(-c3ccccc3)oc12. The minimum atomic E-state index is 0.388. The molecule has 1 nitrogen and oxygen atoms in total. The number of benzene rings is 2. The number of alkyl halides is 1. The summed E-state index contributed by atoms with van der Waals surface area (Å²) in [5.74, 6) is 1.22. The number of hydrogen-bond donors (Lipinski definition) is 0. The van der Waals surface area contributed by atoms with Gasteiger partial charge in [-0.3, -0.25) is 0 Å². The van der Waals surface area contributed by atoms with E-state index in [1.165, 1.54) is 0 Å². The van der Waals surface area contributed by atoms with E-state index in [1.54, 1.807) is 0 Å². The lowest BCUT2D eigenvalue weighted by Gasteiger charge is -1.98. The van der Waals surface area contributed by atoms with Crippen LogP contribution in [0.4, 0.5) is 0 Å². The first kappa shape index (κ1) is 11.6. The van der Waals surface area contributed by atoms with Crippen molar-refractivity contribution in [1.82, 2.24) is 0 Å². The Morgan fingerprint density at radius 1 is 1.00 bits per heavy atom. The molecule has 0 fully saturated rings. The van der Waals surface area contributed by atoms with Crippen LogP contribution in [0.5, 0.6) is 0 Å². The first-order valence-corrected chi connectivity index (χ1v) is 6.52. The maximum Gasteiger partial charge on any atom is 0.139 e. The third-order valence-corrected chi connectivity index (χ3v) is 3.37. The molecule has 1 heterocycles. The Hall–Kier alpha value is -1.44. The van der Waals surface area contributed by atoms with Crippen LogP contribution in [-0.4, -0.2) is 0 Å². The van der Waals surface area contributed by atoms with Crippen LogP contribution in [0.1, 0.15) is 5.56 Å². The fraction of sp³-hybridized carbons (Fsp3) is 0.0667. The van der Waals surface area contributed by atoms with Crippen molar-refractivity contribution in [3.63, 3.8) is 0 Å². The van der Waals surface area contributed by atoms with Crippen LogP contribution in [-0.2, 0) is 5.88 Å². The van der Waals surface area contributed by atoms with E-state index in [1.807, 2.05) is 48.5 Å². The molecular weight excluding hydrogens is 267 g/mol. The van der Waals surface area contributed by atoms with E-state index in [9.17, 15) is 0 Å². The highest BCUT2D eigenvalue weighted by molar-refractivity contribution is 6.31. The lowest BCUT2D eigenvalue weighted by molar-refractivity contribution is 0.628. The number of hydrogen-bond acceptors (Lipinski definition) is 1. The highest BCUT2D eigenvalue weighted by Crippen LogP contribution is 2.32. The van der Waals surface area contributed by atoms with E-state index >= 15 is 0 Å². The van der Waals surface area contributed by atoms with Gasteiger partial charge in [-0.15, -0.1) is 11.6 Å². The second-order valence-electron chi connectivity index (χ2n) is 4.09. The smallest absolute Gasteiger partial charge is 0.139 e. The van der Waals surface area contributed by atoms with Gasteiger partial charge < -0.3 is 4.42 Å². The van der Waals surface area contributed by atoms with Gasteiger partial charge in [0.05, 0.1) is 5.88 Å². The molecule has 3 rings (SSSR count).